The van der Waals surface area contributed by atoms with Crippen LogP contribution in [0.25, 0.3) is 11.3 Å². The van der Waals surface area contributed by atoms with Gasteiger partial charge in [0.05, 0.1) is 12.8 Å². The van der Waals surface area contributed by atoms with E-state index in [1.54, 1.807) is 30.3 Å². The molecule has 0 saturated carbocycles. The molecule has 132 valence electrons. The molecule has 3 N–H and O–H groups in total. The Hall–Kier alpha value is -3.68. The quantitative estimate of drug-likeness (QED) is 0.464. The summed E-state index contributed by atoms with van der Waals surface area (Å²) in [5.41, 5.74) is 3.55. The van der Waals surface area contributed by atoms with Gasteiger partial charge in [0.2, 0.25) is 5.95 Å². The second kappa shape index (κ2) is 7.93. The predicted octanol–water partition coefficient (Wildman–Crippen LogP) is 2.38. The SMILES string of the molecule is CCOc1cccc(/C=N/Nc2nnc(-c3ccccc3)c(=O)[nH]2)c1O. The standard InChI is InChI=1S/C18H17N5O3/c1-2-26-14-10-6-9-13(16(14)24)11-19-22-18-20-17(25)15(21-23-18)12-7-4-3-5-8-12/h3-11,24H,2H2,1H3,(H2,20,22,23,25)/b19-11+. The third-order valence-electron chi connectivity index (χ3n) is 3.45. The summed E-state index contributed by atoms with van der Waals surface area (Å²) in [6.07, 6.45) is 1.39. The Morgan fingerprint density at radius 3 is 2.73 bits per heavy atom. The second-order valence-corrected chi connectivity index (χ2v) is 5.21. The van der Waals surface area contributed by atoms with Crippen molar-refractivity contribution in [3.8, 4) is 22.8 Å². The van der Waals surface area contributed by atoms with E-state index < -0.39 is 0 Å². The van der Waals surface area contributed by atoms with Crippen LogP contribution in [0.2, 0.25) is 0 Å². The van der Waals surface area contributed by atoms with E-state index in [2.05, 4.69) is 25.7 Å². The fraction of sp³-hybridized carbons (Fsp3) is 0.111. The van der Waals surface area contributed by atoms with Gasteiger partial charge in [0.25, 0.3) is 5.56 Å². The monoisotopic (exact) mass is 351 g/mol. The number of phenolic OH excluding ortho intramolecular Hbond substituents is 1. The zero-order chi connectivity index (χ0) is 18.4. The van der Waals surface area contributed by atoms with E-state index in [1.807, 2.05) is 25.1 Å². The molecule has 0 aliphatic heterocycles. The summed E-state index contributed by atoms with van der Waals surface area (Å²) in [6, 6.07) is 14.1. The molecule has 26 heavy (non-hydrogen) atoms. The number of ether oxygens (including phenoxy) is 1. The number of phenols is 1. The number of hydrogen-bond donors (Lipinski definition) is 3. The summed E-state index contributed by atoms with van der Waals surface area (Å²) < 4.78 is 5.31. The van der Waals surface area contributed by atoms with Crippen molar-refractivity contribution in [2.45, 2.75) is 6.92 Å². The molecule has 1 heterocycles. The zero-order valence-electron chi connectivity index (χ0n) is 14.0. The number of rotatable bonds is 6. The van der Waals surface area contributed by atoms with Crippen LogP contribution in [0.3, 0.4) is 0 Å². The Labute approximate surface area is 149 Å². The van der Waals surface area contributed by atoms with E-state index in [9.17, 15) is 9.90 Å². The topological polar surface area (TPSA) is 112 Å². The number of aromatic amines is 1. The van der Waals surface area contributed by atoms with Crippen LogP contribution in [0.1, 0.15) is 12.5 Å². The van der Waals surface area contributed by atoms with Crippen LogP contribution in [0.5, 0.6) is 11.5 Å². The molecule has 3 rings (SSSR count). The number of benzene rings is 2. The highest BCUT2D eigenvalue weighted by molar-refractivity contribution is 5.85. The highest BCUT2D eigenvalue weighted by Crippen LogP contribution is 2.28. The van der Waals surface area contributed by atoms with Crippen LogP contribution in [0.15, 0.2) is 58.4 Å². The smallest absolute Gasteiger partial charge is 0.279 e. The van der Waals surface area contributed by atoms with Gasteiger partial charge < -0.3 is 9.84 Å². The molecule has 1 aromatic heterocycles. The largest absolute Gasteiger partial charge is 0.504 e. The number of para-hydroxylation sites is 1. The van der Waals surface area contributed by atoms with Crippen molar-refractivity contribution in [1.29, 1.82) is 0 Å². The normalized spacial score (nSPS) is 10.8. The lowest BCUT2D eigenvalue weighted by atomic mass is 10.2. The molecular weight excluding hydrogens is 334 g/mol. The third kappa shape index (κ3) is 3.86. The van der Waals surface area contributed by atoms with Crippen LogP contribution in [-0.4, -0.2) is 33.1 Å². The van der Waals surface area contributed by atoms with Crippen molar-refractivity contribution >= 4 is 12.2 Å². The minimum Gasteiger partial charge on any atom is -0.504 e. The maximum Gasteiger partial charge on any atom is 0.279 e. The molecular formula is C18H17N5O3. The van der Waals surface area contributed by atoms with Gasteiger partial charge in [-0.3, -0.25) is 9.78 Å². The highest BCUT2D eigenvalue weighted by atomic mass is 16.5. The molecule has 0 fully saturated rings. The van der Waals surface area contributed by atoms with Gasteiger partial charge in [-0.2, -0.15) is 5.10 Å². The number of hydrogen-bond acceptors (Lipinski definition) is 7. The number of aromatic hydroxyl groups is 1. The van der Waals surface area contributed by atoms with E-state index in [4.69, 9.17) is 4.74 Å². The Bertz CT molecular complexity index is 970. The summed E-state index contributed by atoms with van der Waals surface area (Å²) >= 11 is 0. The Kier molecular flexibility index (Phi) is 5.23. The number of hydrazone groups is 1. The van der Waals surface area contributed by atoms with Crippen LogP contribution < -0.4 is 15.7 Å². The maximum atomic E-state index is 12.1. The van der Waals surface area contributed by atoms with E-state index in [0.29, 0.717) is 23.5 Å². The molecule has 0 spiro atoms. The second-order valence-electron chi connectivity index (χ2n) is 5.21. The summed E-state index contributed by atoms with van der Waals surface area (Å²) in [6.45, 7) is 2.27. The fourth-order valence-electron chi connectivity index (χ4n) is 2.25. The first-order chi connectivity index (χ1) is 12.7. The highest BCUT2D eigenvalue weighted by Gasteiger charge is 2.07. The molecule has 8 nitrogen and oxygen atoms in total. The summed E-state index contributed by atoms with van der Waals surface area (Å²) in [4.78, 5) is 14.7. The molecule has 2 aromatic carbocycles. The van der Waals surface area contributed by atoms with E-state index >= 15 is 0 Å². The van der Waals surface area contributed by atoms with E-state index in [0.717, 1.165) is 0 Å². The van der Waals surface area contributed by atoms with Gasteiger partial charge in [-0.05, 0) is 19.1 Å². The van der Waals surface area contributed by atoms with Gasteiger partial charge >= 0.3 is 0 Å². The zero-order valence-corrected chi connectivity index (χ0v) is 14.0. The number of anilines is 1. The lowest BCUT2D eigenvalue weighted by Crippen LogP contribution is -2.15. The average Bonchev–Trinajstić information content (AvgIpc) is 2.66. The van der Waals surface area contributed by atoms with Crippen molar-refractivity contribution in [3.05, 3.63) is 64.4 Å². The average molecular weight is 351 g/mol. The van der Waals surface area contributed by atoms with Crippen LogP contribution in [0, 0.1) is 0 Å². The van der Waals surface area contributed by atoms with Gasteiger partial charge in [0.1, 0.15) is 0 Å². The summed E-state index contributed by atoms with van der Waals surface area (Å²) in [7, 11) is 0. The van der Waals surface area contributed by atoms with Gasteiger partial charge in [0.15, 0.2) is 17.2 Å². The van der Waals surface area contributed by atoms with Gasteiger partial charge in [-0.15, -0.1) is 10.2 Å². The molecule has 0 aliphatic carbocycles. The molecule has 0 radical (unpaired) electrons. The van der Waals surface area contributed by atoms with Crippen LogP contribution in [-0.2, 0) is 0 Å². The summed E-state index contributed by atoms with van der Waals surface area (Å²) in [5, 5.41) is 21.9. The lowest BCUT2D eigenvalue weighted by molar-refractivity contribution is 0.318. The first-order valence-corrected chi connectivity index (χ1v) is 7.95. The molecule has 0 amide bonds. The summed E-state index contributed by atoms with van der Waals surface area (Å²) in [5.74, 6) is 0.446. The van der Waals surface area contributed by atoms with E-state index in [1.165, 1.54) is 6.21 Å². The molecule has 3 aromatic rings. The third-order valence-corrected chi connectivity index (χ3v) is 3.45. The van der Waals surface area contributed by atoms with Crippen LogP contribution >= 0.6 is 0 Å². The van der Waals surface area contributed by atoms with Gasteiger partial charge in [-0.1, -0.05) is 36.4 Å². The van der Waals surface area contributed by atoms with Crippen LogP contribution in [0.4, 0.5) is 5.95 Å². The number of nitrogens with one attached hydrogen (secondary N) is 2. The van der Waals surface area contributed by atoms with Crippen molar-refractivity contribution < 1.29 is 9.84 Å². The first-order valence-electron chi connectivity index (χ1n) is 7.95. The Morgan fingerprint density at radius 2 is 2.00 bits per heavy atom. The van der Waals surface area contributed by atoms with Crippen molar-refractivity contribution in [1.82, 2.24) is 15.2 Å². The maximum absolute atomic E-state index is 12.1. The Morgan fingerprint density at radius 1 is 1.19 bits per heavy atom. The minimum absolute atomic E-state index is 0.0149. The number of H-pyrrole nitrogens is 1. The Balaban J connectivity index is 1.75. The molecule has 0 saturated heterocycles. The molecule has 0 atom stereocenters. The molecule has 0 aliphatic rings. The minimum atomic E-state index is -0.384. The van der Waals surface area contributed by atoms with Crippen molar-refractivity contribution in [2.75, 3.05) is 12.0 Å². The number of nitrogens with zero attached hydrogens (tertiary/aromatic N) is 3. The fourth-order valence-corrected chi connectivity index (χ4v) is 2.25. The van der Waals surface area contributed by atoms with E-state index in [-0.39, 0.29) is 23.0 Å². The van der Waals surface area contributed by atoms with Crippen molar-refractivity contribution in [3.63, 3.8) is 0 Å². The number of aromatic nitrogens is 3. The molecule has 0 bridgehead atoms. The predicted molar refractivity (Wildman–Crippen MR) is 98.6 cm³/mol. The first kappa shape index (κ1) is 17.2. The molecule has 8 heteroatoms. The van der Waals surface area contributed by atoms with Gasteiger partial charge in [0, 0.05) is 11.1 Å². The van der Waals surface area contributed by atoms with Crippen molar-refractivity contribution in [2.24, 2.45) is 5.10 Å². The lowest BCUT2D eigenvalue weighted by Gasteiger charge is -2.07. The van der Waals surface area contributed by atoms with Gasteiger partial charge in [-0.25, -0.2) is 5.43 Å². The molecule has 0 unspecified atom stereocenters.